The molecule has 0 radical (unpaired) electrons. The molecule has 2 heterocycles. The van der Waals surface area contributed by atoms with E-state index in [1.807, 2.05) is 6.92 Å². The summed E-state index contributed by atoms with van der Waals surface area (Å²) in [4.78, 5) is 14.0. The molecule has 18 heavy (non-hydrogen) atoms. The lowest BCUT2D eigenvalue weighted by Crippen LogP contribution is -2.50. The Kier molecular flexibility index (Phi) is 4.22. The zero-order valence-corrected chi connectivity index (χ0v) is 12.2. The highest BCUT2D eigenvalue weighted by molar-refractivity contribution is 7.92. The third-order valence-electron chi connectivity index (χ3n) is 3.97. The topological polar surface area (TPSA) is 54.5 Å². The van der Waals surface area contributed by atoms with E-state index in [0.29, 0.717) is 25.9 Å². The summed E-state index contributed by atoms with van der Waals surface area (Å²) in [6, 6.07) is 0. The molecule has 0 aromatic carbocycles. The second kappa shape index (κ2) is 5.37. The molecule has 4 nitrogen and oxygen atoms in total. The van der Waals surface area contributed by atoms with E-state index in [1.165, 1.54) is 0 Å². The van der Waals surface area contributed by atoms with Crippen molar-refractivity contribution in [3.63, 3.8) is 0 Å². The fourth-order valence-electron chi connectivity index (χ4n) is 2.75. The van der Waals surface area contributed by atoms with Crippen molar-refractivity contribution in [3.05, 3.63) is 0 Å². The van der Waals surface area contributed by atoms with Crippen LogP contribution in [0.5, 0.6) is 0 Å². The first kappa shape index (κ1) is 14.1. The molecule has 104 valence electrons. The van der Waals surface area contributed by atoms with Gasteiger partial charge in [-0.3, -0.25) is 4.79 Å². The summed E-state index contributed by atoms with van der Waals surface area (Å²) >= 11 is 6.12. The van der Waals surface area contributed by atoms with E-state index in [1.54, 1.807) is 4.90 Å². The molecular weight excluding hydrogens is 274 g/mol. The van der Waals surface area contributed by atoms with E-state index >= 15 is 0 Å². The van der Waals surface area contributed by atoms with Crippen LogP contribution >= 0.6 is 11.6 Å². The average molecular weight is 294 g/mol. The molecule has 0 saturated carbocycles. The van der Waals surface area contributed by atoms with E-state index in [-0.39, 0.29) is 23.0 Å². The quantitative estimate of drug-likeness (QED) is 0.687. The summed E-state index contributed by atoms with van der Waals surface area (Å²) in [6.07, 6.45) is 2.75. The van der Waals surface area contributed by atoms with Crippen molar-refractivity contribution in [2.45, 2.75) is 43.2 Å². The standard InChI is InChI=1S/C12H20ClNO3S/c1-9-8-14(6-5-10(9)13)12(15)11-4-2-3-7-18(11,16)17/h9-11H,2-8H2,1H3. The highest BCUT2D eigenvalue weighted by Crippen LogP contribution is 2.26. The van der Waals surface area contributed by atoms with Crippen LogP contribution < -0.4 is 0 Å². The number of likely N-dealkylation sites (tertiary alicyclic amines) is 1. The van der Waals surface area contributed by atoms with Gasteiger partial charge in [-0.15, -0.1) is 11.6 Å². The van der Waals surface area contributed by atoms with Gasteiger partial charge in [-0.2, -0.15) is 0 Å². The lowest BCUT2D eigenvalue weighted by Gasteiger charge is -2.36. The molecule has 0 bridgehead atoms. The fraction of sp³-hybridized carbons (Fsp3) is 0.917. The van der Waals surface area contributed by atoms with E-state index in [9.17, 15) is 13.2 Å². The van der Waals surface area contributed by atoms with Crippen molar-refractivity contribution < 1.29 is 13.2 Å². The van der Waals surface area contributed by atoms with E-state index in [4.69, 9.17) is 11.6 Å². The third-order valence-corrected chi connectivity index (χ3v) is 6.78. The van der Waals surface area contributed by atoms with Crippen LogP contribution in [0.4, 0.5) is 0 Å². The zero-order chi connectivity index (χ0) is 13.3. The molecule has 0 N–H and O–H groups in total. The molecular formula is C12H20ClNO3S. The van der Waals surface area contributed by atoms with Gasteiger partial charge in [0, 0.05) is 18.5 Å². The number of sulfone groups is 1. The van der Waals surface area contributed by atoms with Gasteiger partial charge in [0.05, 0.1) is 5.75 Å². The van der Waals surface area contributed by atoms with Crippen molar-refractivity contribution >= 4 is 27.3 Å². The van der Waals surface area contributed by atoms with Crippen LogP contribution in [0.2, 0.25) is 0 Å². The van der Waals surface area contributed by atoms with Gasteiger partial charge in [0.2, 0.25) is 5.91 Å². The summed E-state index contributed by atoms with van der Waals surface area (Å²) in [5, 5.41) is -0.706. The van der Waals surface area contributed by atoms with Gasteiger partial charge in [0.25, 0.3) is 0 Å². The number of nitrogens with zero attached hydrogens (tertiary/aromatic N) is 1. The van der Waals surface area contributed by atoms with Gasteiger partial charge in [-0.1, -0.05) is 13.3 Å². The maximum Gasteiger partial charge on any atom is 0.240 e. The van der Waals surface area contributed by atoms with E-state index < -0.39 is 15.1 Å². The molecule has 0 aliphatic carbocycles. The maximum absolute atomic E-state index is 12.3. The monoisotopic (exact) mass is 293 g/mol. The van der Waals surface area contributed by atoms with Crippen LogP contribution in [-0.2, 0) is 14.6 Å². The van der Waals surface area contributed by atoms with Crippen LogP contribution in [0.1, 0.15) is 32.6 Å². The number of halogens is 1. The van der Waals surface area contributed by atoms with Crippen molar-refractivity contribution in [1.82, 2.24) is 4.90 Å². The van der Waals surface area contributed by atoms with E-state index in [0.717, 1.165) is 12.8 Å². The summed E-state index contributed by atoms with van der Waals surface area (Å²) in [7, 11) is -3.23. The molecule has 2 rings (SSSR count). The number of hydrogen-bond donors (Lipinski definition) is 0. The molecule has 0 spiro atoms. The number of piperidine rings is 1. The van der Waals surface area contributed by atoms with Crippen molar-refractivity contribution in [2.75, 3.05) is 18.8 Å². The molecule has 3 atom stereocenters. The summed E-state index contributed by atoms with van der Waals surface area (Å²) in [5.74, 6) is 0.186. The molecule has 6 heteroatoms. The Labute approximate surface area is 114 Å². The first-order valence-corrected chi connectivity index (χ1v) is 8.71. The fourth-order valence-corrected chi connectivity index (χ4v) is 4.80. The van der Waals surface area contributed by atoms with E-state index in [2.05, 4.69) is 0 Å². The number of carbonyl (C=O) groups excluding carboxylic acids is 1. The minimum Gasteiger partial charge on any atom is -0.341 e. The minimum atomic E-state index is -3.23. The maximum atomic E-state index is 12.3. The Hall–Kier alpha value is -0.290. The Morgan fingerprint density at radius 2 is 2.00 bits per heavy atom. The third kappa shape index (κ3) is 2.82. The largest absolute Gasteiger partial charge is 0.341 e. The first-order valence-electron chi connectivity index (χ1n) is 6.56. The van der Waals surface area contributed by atoms with Crippen molar-refractivity contribution in [1.29, 1.82) is 0 Å². The SMILES string of the molecule is CC1CN(C(=O)C2CCCCS2(=O)=O)CCC1Cl. The van der Waals surface area contributed by atoms with Gasteiger partial charge < -0.3 is 4.90 Å². The zero-order valence-electron chi connectivity index (χ0n) is 10.6. The highest BCUT2D eigenvalue weighted by Gasteiger charge is 2.39. The highest BCUT2D eigenvalue weighted by atomic mass is 35.5. The normalized spacial score (nSPS) is 36.3. The van der Waals surface area contributed by atoms with Crippen LogP contribution in [0.15, 0.2) is 0 Å². The van der Waals surface area contributed by atoms with Gasteiger partial charge >= 0.3 is 0 Å². The molecule has 0 aromatic heterocycles. The number of rotatable bonds is 1. The van der Waals surface area contributed by atoms with Crippen LogP contribution in [0.3, 0.4) is 0 Å². The smallest absolute Gasteiger partial charge is 0.240 e. The summed E-state index contributed by atoms with van der Waals surface area (Å²) in [5.41, 5.74) is 0. The lowest BCUT2D eigenvalue weighted by molar-refractivity contribution is -0.132. The Balaban J connectivity index is 2.07. The Morgan fingerprint density at radius 1 is 1.28 bits per heavy atom. The van der Waals surface area contributed by atoms with Gasteiger partial charge in [-0.25, -0.2) is 8.42 Å². The first-order chi connectivity index (χ1) is 8.42. The summed E-state index contributed by atoms with van der Waals surface area (Å²) in [6.45, 7) is 3.18. The molecule has 2 saturated heterocycles. The van der Waals surface area contributed by atoms with Gasteiger partial charge in [0.15, 0.2) is 9.84 Å². The van der Waals surface area contributed by atoms with Gasteiger partial charge in [-0.05, 0) is 25.2 Å². The van der Waals surface area contributed by atoms with Crippen LogP contribution in [-0.4, -0.2) is 48.7 Å². The van der Waals surface area contributed by atoms with Crippen LogP contribution in [0.25, 0.3) is 0 Å². The van der Waals surface area contributed by atoms with Gasteiger partial charge in [0.1, 0.15) is 5.25 Å². The molecule has 3 unspecified atom stereocenters. The van der Waals surface area contributed by atoms with Crippen molar-refractivity contribution in [3.8, 4) is 0 Å². The molecule has 2 fully saturated rings. The molecule has 0 aromatic rings. The Bertz CT molecular complexity index is 423. The predicted molar refractivity (Wildman–Crippen MR) is 71.4 cm³/mol. The number of amides is 1. The average Bonchev–Trinajstić information content (AvgIpc) is 2.31. The van der Waals surface area contributed by atoms with Crippen LogP contribution in [0, 0.1) is 5.92 Å². The van der Waals surface area contributed by atoms with Crippen molar-refractivity contribution in [2.24, 2.45) is 5.92 Å². The summed E-state index contributed by atoms with van der Waals surface area (Å²) < 4.78 is 23.9. The molecule has 1 amide bonds. The number of alkyl halides is 1. The minimum absolute atomic E-state index is 0.0945. The Morgan fingerprint density at radius 3 is 2.61 bits per heavy atom. The predicted octanol–water partition coefficient (Wildman–Crippen LogP) is 1.43. The number of hydrogen-bond acceptors (Lipinski definition) is 3. The molecule has 2 aliphatic rings. The number of carbonyl (C=O) groups is 1. The lowest BCUT2D eigenvalue weighted by atomic mass is 9.99. The second-order valence-corrected chi connectivity index (χ2v) is 8.28. The second-order valence-electron chi connectivity index (χ2n) is 5.42. The molecule has 2 aliphatic heterocycles.